The van der Waals surface area contributed by atoms with Crippen LogP contribution in [-0.4, -0.2) is 36.5 Å². The van der Waals surface area contributed by atoms with Crippen LogP contribution >= 0.6 is 15.9 Å². The number of rotatable bonds is 6. The van der Waals surface area contributed by atoms with E-state index in [-0.39, 0.29) is 12.3 Å². The van der Waals surface area contributed by atoms with E-state index in [0.29, 0.717) is 6.54 Å². The van der Waals surface area contributed by atoms with Gasteiger partial charge in [-0.25, -0.2) is 4.79 Å². The predicted octanol–water partition coefficient (Wildman–Crippen LogP) is 2.77. The van der Waals surface area contributed by atoms with Crippen LogP contribution in [0.2, 0.25) is 0 Å². The van der Waals surface area contributed by atoms with E-state index in [2.05, 4.69) is 15.9 Å². The van der Waals surface area contributed by atoms with Crippen molar-refractivity contribution in [3.05, 3.63) is 40.4 Å². The molecule has 0 radical (unpaired) electrons. The molecule has 0 aromatic heterocycles. The van der Waals surface area contributed by atoms with Gasteiger partial charge in [-0.1, -0.05) is 28.1 Å². The summed E-state index contributed by atoms with van der Waals surface area (Å²) in [6.45, 7) is 1.82. The zero-order valence-electron chi connectivity index (χ0n) is 12.5. The molecule has 0 aliphatic heterocycles. The molecule has 1 rings (SSSR count). The quantitative estimate of drug-likeness (QED) is 0.574. The van der Waals surface area contributed by atoms with Gasteiger partial charge in [0.25, 0.3) is 5.91 Å². The summed E-state index contributed by atoms with van der Waals surface area (Å²) >= 11 is 3.33. The van der Waals surface area contributed by atoms with Gasteiger partial charge < -0.3 is 9.64 Å². The van der Waals surface area contributed by atoms with E-state index in [1.54, 1.807) is 13.1 Å². The maximum atomic E-state index is 11.9. The molecule has 0 fully saturated rings. The third-order valence-electron chi connectivity index (χ3n) is 2.86. The van der Waals surface area contributed by atoms with E-state index >= 15 is 0 Å². The number of halogens is 1. The average molecular weight is 365 g/mol. The maximum absolute atomic E-state index is 11.9. The summed E-state index contributed by atoms with van der Waals surface area (Å²) < 4.78 is 6.00. The highest BCUT2D eigenvalue weighted by molar-refractivity contribution is 9.10. The Morgan fingerprint density at radius 1 is 1.41 bits per heavy atom. The number of nitrogens with zero attached hydrogens (tertiary/aromatic N) is 2. The molecule has 1 amide bonds. The van der Waals surface area contributed by atoms with Crippen molar-refractivity contribution in [1.82, 2.24) is 4.90 Å². The molecule has 0 N–H and O–H groups in total. The zero-order chi connectivity index (χ0) is 16.5. The largest absolute Gasteiger partial charge is 0.449 e. The second-order valence-corrected chi connectivity index (χ2v) is 5.55. The van der Waals surface area contributed by atoms with Crippen LogP contribution < -0.4 is 0 Å². The van der Waals surface area contributed by atoms with Crippen molar-refractivity contribution in [2.75, 3.05) is 13.6 Å². The van der Waals surface area contributed by atoms with Gasteiger partial charge in [-0.05, 0) is 30.7 Å². The van der Waals surface area contributed by atoms with Crippen LogP contribution in [0.1, 0.15) is 18.9 Å². The molecule has 1 aromatic carbocycles. The van der Waals surface area contributed by atoms with Gasteiger partial charge in [0.15, 0.2) is 6.10 Å². The molecule has 1 aromatic rings. The topological polar surface area (TPSA) is 70.4 Å². The highest BCUT2D eigenvalue weighted by atomic mass is 79.9. The summed E-state index contributed by atoms with van der Waals surface area (Å²) in [6.07, 6.45) is 2.26. The molecule has 0 saturated carbocycles. The molecule has 5 nitrogen and oxygen atoms in total. The van der Waals surface area contributed by atoms with Crippen molar-refractivity contribution in [3.8, 4) is 6.07 Å². The summed E-state index contributed by atoms with van der Waals surface area (Å²) in [5, 5.41) is 8.49. The summed E-state index contributed by atoms with van der Waals surface area (Å²) in [5.74, 6) is -0.918. The molecule has 6 heteroatoms. The minimum Gasteiger partial charge on any atom is -0.449 e. The van der Waals surface area contributed by atoms with Crippen molar-refractivity contribution in [2.45, 2.75) is 19.4 Å². The van der Waals surface area contributed by atoms with Crippen LogP contribution in [0.25, 0.3) is 6.08 Å². The van der Waals surface area contributed by atoms with Crippen LogP contribution in [0.15, 0.2) is 34.8 Å². The molecule has 22 heavy (non-hydrogen) atoms. The molecule has 0 aliphatic carbocycles. The normalized spacial score (nSPS) is 11.7. The highest BCUT2D eigenvalue weighted by Crippen LogP contribution is 2.11. The molecular weight excluding hydrogens is 348 g/mol. The number of esters is 1. The Bertz CT molecular complexity index is 590. The first-order valence-electron chi connectivity index (χ1n) is 6.70. The Morgan fingerprint density at radius 3 is 2.64 bits per heavy atom. The van der Waals surface area contributed by atoms with Crippen molar-refractivity contribution >= 4 is 33.9 Å². The summed E-state index contributed by atoms with van der Waals surface area (Å²) in [6, 6.07) is 9.37. The number of carbonyl (C=O) groups excluding carboxylic acids is 2. The fourth-order valence-electron chi connectivity index (χ4n) is 1.64. The van der Waals surface area contributed by atoms with Crippen molar-refractivity contribution in [1.29, 1.82) is 5.26 Å². The maximum Gasteiger partial charge on any atom is 0.331 e. The van der Waals surface area contributed by atoms with E-state index in [1.165, 1.54) is 17.9 Å². The van der Waals surface area contributed by atoms with Crippen LogP contribution in [0.3, 0.4) is 0 Å². The number of nitriles is 1. The lowest BCUT2D eigenvalue weighted by Gasteiger charge is -2.19. The lowest BCUT2D eigenvalue weighted by Crippen LogP contribution is -2.37. The number of ether oxygens (including phenoxy) is 1. The number of benzene rings is 1. The van der Waals surface area contributed by atoms with Gasteiger partial charge in [-0.3, -0.25) is 4.79 Å². The van der Waals surface area contributed by atoms with Gasteiger partial charge in [-0.2, -0.15) is 5.26 Å². The Labute approximate surface area is 138 Å². The van der Waals surface area contributed by atoms with Crippen molar-refractivity contribution in [2.24, 2.45) is 0 Å². The molecule has 116 valence electrons. The van der Waals surface area contributed by atoms with Crippen molar-refractivity contribution < 1.29 is 14.3 Å². The zero-order valence-corrected chi connectivity index (χ0v) is 14.0. The van der Waals surface area contributed by atoms with Gasteiger partial charge >= 0.3 is 5.97 Å². The number of amides is 1. The number of hydrogen-bond donors (Lipinski definition) is 0. The first-order chi connectivity index (χ1) is 10.4. The van der Waals surface area contributed by atoms with Gasteiger partial charge in [0.1, 0.15) is 0 Å². The van der Waals surface area contributed by atoms with E-state index in [4.69, 9.17) is 10.00 Å². The van der Waals surface area contributed by atoms with Gasteiger partial charge in [0.05, 0.1) is 12.5 Å². The van der Waals surface area contributed by atoms with E-state index in [0.717, 1.165) is 10.0 Å². The lowest BCUT2D eigenvalue weighted by atomic mass is 10.2. The number of likely N-dealkylation sites (N-methyl/N-ethyl adjacent to an activating group) is 1. The van der Waals surface area contributed by atoms with E-state index < -0.39 is 12.1 Å². The second kappa shape index (κ2) is 9.00. The fraction of sp³-hybridized carbons (Fsp3) is 0.312. The molecule has 0 saturated heterocycles. The molecule has 0 heterocycles. The Morgan fingerprint density at radius 2 is 2.05 bits per heavy atom. The fourth-order valence-corrected chi connectivity index (χ4v) is 1.90. The number of hydrogen-bond acceptors (Lipinski definition) is 4. The van der Waals surface area contributed by atoms with Crippen LogP contribution in [0.5, 0.6) is 0 Å². The Kier molecular flexibility index (Phi) is 7.33. The number of carbonyl (C=O) groups is 2. The van der Waals surface area contributed by atoms with Crippen LogP contribution in [-0.2, 0) is 14.3 Å². The van der Waals surface area contributed by atoms with Gasteiger partial charge in [-0.15, -0.1) is 0 Å². The summed E-state index contributed by atoms with van der Waals surface area (Å²) in [7, 11) is 1.57. The van der Waals surface area contributed by atoms with Crippen molar-refractivity contribution in [3.63, 3.8) is 0 Å². The monoisotopic (exact) mass is 364 g/mol. The SMILES string of the molecule is C[C@H](OC(=O)/C=C/c1ccc(Br)cc1)C(=O)N(C)CCC#N. The third-order valence-corrected chi connectivity index (χ3v) is 3.39. The minimum absolute atomic E-state index is 0.242. The Balaban J connectivity index is 2.51. The molecule has 1 atom stereocenters. The third kappa shape index (κ3) is 6.10. The van der Waals surface area contributed by atoms with Crippen LogP contribution in [0.4, 0.5) is 0 Å². The standard InChI is InChI=1S/C16H17BrN2O3/c1-12(16(21)19(2)11-3-10-18)22-15(20)9-6-13-4-7-14(17)8-5-13/h4-9,12H,3,11H2,1-2H3/b9-6+/t12-/m0/s1. The smallest absolute Gasteiger partial charge is 0.331 e. The molecule has 0 unspecified atom stereocenters. The minimum atomic E-state index is -0.884. The summed E-state index contributed by atoms with van der Waals surface area (Å²) in [4.78, 5) is 25.0. The second-order valence-electron chi connectivity index (χ2n) is 4.63. The summed E-state index contributed by atoms with van der Waals surface area (Å²) in [5.41, 5.74) is 0.852. The van der Waals surface area contributed by atoms with E-state index in [1.807, 2.05) is 30.3 Å². The average Bonchev–Trinajstić information content (AvgIpc) is 2.51. The van der Waals surface area contributed by atoms with Crippen LogP contribution in [0, 0.1) is 11.3 Å². The first kappa shape index (κ1) is 17.9. The van der Waals surface area contributed by atoms with Gasteiger partial charge in [0.2, 0.25) is 0 Å². The predicted molar refractivity (Wildman–Crippen MR) is 86.6 cm³/mol. The van der Waals surface area contributed by atoms with Gasteiger partial charge in [0, 0.05) is 24.1 Å². The first-order valence-corrected chi connectivity index (χ1v) is 7.49. The van der Waals surface area contributed by atoms with E-state index in [9.17, 15) is 9.59 Å². The lowest BCUT2D eigenvalue weighted by molar-refractivity contribution is -0.154. The molecule has 0 spiro atoms. The molecular formula is C16H17BrN2O3. The molecule has 0 bridgehead atoms. The molecule has 0 aliphatic rings. The highest BCUT2D eigenvalue weighted by Gasteiger charge is 2.20. The Hall–Kier alpha value is -2.13.